The van der Waals surface area contributed by atoms with Crippen molar-refractivity contribution < 1.29 is 19.1 Å². The van der Waals surface area contributed by atoms with Crippen molar-refractivity contribution in [1.82, 2.24) is 0 Å². The second-order valence-electron chi connectivity index (χ2n) is 7.00. The lowest BCUT2D eigenvalue weighted by Crippen LogP contribution is -2.09. The molecule has 0 aliphatic carbocycles. The fourth-order valence-corrected chi connectivity index (χ4v) is 3.00. The molecular weight excluding hydrogens is 378 g/mol. The minimum Gasteiger partial charge on any atom is -0.422 e. The molecule has 1 aliphatic heterocycles. The van der Waals surface area contributed by atoms with Crippen LogP contribution in [0.2, 0.25) is 0 Å². The third-order valence-corrected chi connectivity index (χ3v) is 4.59. The van der Waals surface area contributed by atoms with Crippen molar-refractivity contribution in [3.05, 3.63) is 106 Å². The molecule has 0 radical (unpaired) electrons. The minimum absolute atomic E-state index is 0.143. The van der Waals surface area contributed by atoms with E-state index in [1.165, 1.54) is 0 Å². The predicted molar refractivity (Wildman–Crippen MR) is 114 cm³/mol. The van der Waals surface area contributed by atoms with E-state index in [4.69, 9.17) is 9.47 Å². The van der Waals surface area contributed by atoms with Crippen molar-refractivity contribution in [2.75, 3.05) is 0 Å². The van der Waals surface area contributed by atoms with Crippen LogP contribution in [0.15, 0.2) is 83.5 Å². The minimum atomic E-state index is -0.551. The highest BCUT2D eigenvalue weighted by Gasteiger charge is 2.24. The van der Waals surface area contributed by atoms with Crippen molar-refractivity contribution in [2.45, 2.75) is 13.8 Å². The highest BCUT2D eigenvalue weighted by molar-refractivity contribution is 6.13. The Labute approximate surface area is 174 Å². The Morgan fingerprint density at radius 1 is 0.933 bits per heavy atom. The van der Waals surface area contributed by atoms with Crippen LogP contribution in [0.3, 0.4) is 0 Å². The first-order valence-corrected chi connectivity index (χ1v) is 9.47. The summed E-state index contributed by atoms with van der Waals surface area (Å²) < 4.78 is 10.9. The molecule has 0 fully saturated rings. The summed E-state index contributed by atoms with van der Waals surface area (Å²) in [6.07, 6.45) is 1.56. The quantitative estimate of drug-likeness (QED) is 0.358. The van der Waals surface area contributed by atoms with Crippen LogP contribution in [0.5, 0.6) is 5.75 Å². The van der Waals surface area contributed by atoms with Crippen LogP contribution in [0.1, 0.15) is 32.6 Å². The van der Waals surface area contributed by atoms with Crippen LogP contribution < -0.4 is 4.74 Å². The molecule has 0 N–H and O–H groups in total. The van der Waals surface area contributed by atoms with Crippen LogP contribution in [0.25, 0.3) is 6.08 Å². The molecule has 5 heteroatoms. The first-order chi connectivity index (χ1) is 14.5. The summed E-state index contributed by atoms with van der Waals surface area (Å²) >= 11 is 0. The maximum absolute atomic E-state index is 12.5. The summed E-state index contributed by atoms with van der Waals surface area (Å²) in [6, 6.07) is 21.7. The molecule has 0 aromatic heterocycles. The Hall–Kier alpha value is -3.99. The molecule has 148 valence electrons. The van der Waals surface area contributed by atoms with E-state index in [0.29, 0.717) is 16.9 Å². The lowest BCUT2D eigenvalue weighted by molar-refractivity contribution is -0.129. The number of esters is 2. The van der Waals surface area contributed by atoms with Gasteiger partial charge in [-0.05, 0) is 50.3 Å². The van der Waals surface area contributed by atoms with Gasteiger partial charge in [-0.1, -0.05) is 53.6 Å². The highest BCUT2D eigenvalue weighted by atomic mass is 16.6. The number of aliphatic imine (C=N–C) groups is 1. The molecule has 0 saturated carbocycles. The normalized spacial score (nSPS) is 14.4. The fourth-order valence-electron chi connectivity index (χ4n) is 3.00. The fraction of sp³-hybridized carbons (Fsp3) is 0.0800. The third-order valence-electron chi connectivity index (χ3n) is 4.59. The number of carbonyl (C=O) groups excluding carboxylic acids is 2. The van der Waals surface area contributed by atoms with Crippen molar-refractivity contribution in [3.8, 4) is 5.75 Å². The largest absolute Gasteiger partial charge is 0.422 e. The molecule has 30 heavy (non-hydrogen) atoms. The van der Waals surface area contributed by atoms with Gasteiger partial charge >= 0.3 is 11.9 Å². The lowest BCUT2D eigenvalue weighted by atomic mass is 10.1. The summed E-state index contributed by atoms with van der Waals surface area (Å²) in [7, 11) is 0. The molecule has 1 heterocycles. The van der Waals surface area contributed by atoms with Gasteiger partial charge in [-0.3, -0.25) is 0 Å². The van der Waals surface area contributed by atoms with E-state index in [0.717, 1.165) is 16.7 Å². The first kappa shape index (κ1) is 19.3. The summed E-state index contributed by atoms with van der Waals surface area (Å²) in [4.78, 5) is 29.2. The van der Waals surface area contributed by atoms with Crippen molar-refractivity contribution in [2.24, 2.45) is 4.99 Å². The highest BCUT2D eigenvalue weighted by Crippen LogP contribution is 2.25. The van der Waals surface area contributed by atoms with Gasteiger partial charge in [0.15, 0.2) is 5.70 Å². The molecule has 0 bridgehead atoms. The third kappa shape index (κ3) is 4.20. The number of ether oxygens (including phenoxy) is 2. The number of hydrogen-bond acceptors (Lipinski definition) is 5. The Kier molecular flexibility index (Phi) is 5.26. The average Bonchev–Trinajstić information content (AvgIpc) is 3.10. The van der Waals surface area contributed by atoms with E-state index >= 15 is 0 Å². The molecule has 1 aliphatic rings. The Balaban J connectivity index is 1.62. The molecule has 0 saturated heterocycles. The summed E-state index contributed by atoms with van der Waals surface area (Å²) in [5.74, 6) is -0.434. The number of rotatable bonds is 4. The maximum atomic E-state index is 12.5. The summed E-state index contributed by atoms with van der Waals surface area (Å²) in [6.45, 7) is 3.89. The second-order valence-corrected chi connectivity index (χ2v) is 7.00. The number of carbonyl (C=O) groups is 2. The van der Waals surface area contributed by atoms with Gasteiger partial charge in [-0.15, -0.1) is 0 Å². The smallest absolute Gasteiger partial charge is 0.363 e. The van der Waals surface area contributed by atoms with Crippen LogP contribution >= 0.6 is 0 Å². The molecule has 0 unspecified atom stereocenters. The average molecular weight is 397 g/mol. The van der Waals surface area contributed by atoms with Crippen LogP contribution in [0, 0.1) is 13.8 Å². The molecule has 4 rings (SSSR count). The van der Waals surface area contributed by atoms with Crippen molar-refractivity contribution >= 4 is 23.9 Å². The van der Waals surface area contributed by atoms with E-state index in [1.54, 1.807) is 48.5 Å². The number of para-hydroxylation sites is 1. The van der Waals surface area contributed by atoms with Gasteiger partial charge in [0.05, 0.1) is 5.56 Å². The van der Waals surface area contributed by atoms with E-state index in [-0.39, 0.29) is 11.6 Å². The molecule has 5 nitrogen and oxygen atoms in total. The monoisotopic (exact) mass is 397 g/mol. The number of aryl methyl sites for hydroxylation is 2. The van der Waals surface area contributed by atoms with Gasteiger partial charge in [-0.25, -0.2) is 14.6 Å². The number of hydrogen-bond donors (Lipinski definition) is 0. The van der Waals surface area contributed by atoms with Crippen molar-refractivity contribution in [1.29, 1.82) is 0 Å². The van der Waals surface area contributed by atoms with Crippen LogP contribution in [-0.4, -0.2) is 17.8 Å². The van der Waals surface area contributed by atoms with Crippen molar-refractivity contribution in [3.63, 3.8) is 0 Å². The van der Waals surface area contributed by atoms with E-state index < -0.39 is 11.9 Å². The van der Waals surface area contributed by atoms with Gasteiger partial charge in [0.1, 0.15) is 5.75 Å². The van der Waals surface area contributed by atoms with Crippen LogP contribution in [-0.2, 0) is 9.53 Å². The molecule has 0 spiro atoms. The topological polar surface area (TPSA) is 65.0 Å². The van der Waals surface area contributed by atoms with E-state index in [2.05, 4.69) is 4.99 Å². The second kappa shape index (κ2) is 8.17. The number of benzene rings is 3. The van der Waals surface area contributed by atoms with Gasteiger partial charge in [-0.2, -0.15) is 0 Å². The number of cyclic esters (lactones) is 1. The maximum Gasteiger partial charge on any atom is 0.363 e. The standard InChI is InChI=1S/C25H19NO4/c1-16-10-12-18(13-11-16)23-26-21(25(28)30-23)15-19-7-3-4-9-22(19)29-24(27)20-8-5-6-17(2)14-20/h3-15H,1-2H3/b21-15+. The molecule has 0 amide bonds. The zero-order valence-corrected chi connectivity index (χ0v) is 16.6. The van der Waals surface area contributed by atoms with Gasteiger partial charge < -0.3 is 9.47 Å². The summed E-state index contributed by atoms with van der Waals surface area (Å²) in [5.41, 5.74) is 3.94. The summed E-state index contributed by atoms with van der Waals surface area (Å²) in [5, 5.41) is 0. The Bertz CT molecular complexity index is 1190. The lowest BCUT2D eigenvalue weighted by Gasteiger charge is -2.08. The molecule has 3 aromatic carbocycles. The first-order valence-electron chi connectivity index (χ1n) is 9.47. The van der Waals surface area contributed by atoms with Gasteiger partial charge in [0.2, 0.25) is 5.90 Å². The molecular formula is C25H19NO4. The molecule has 0 atom stereocenters. The Morgan fingerprint density at radius 3 is 2.47 bits per heavy atom. The zero-order valence-electron chi connectivity index (χ0n) is 16.6. The van der Waals surface area contributed by atoms with Gasteiger partial charge in [0, 0.05) is 11.1 Å². The Morgan fingerprint density at radius 2 is 1.70 bits per heavy atom. The van der Waals surface area contributed by atoms with Gasteiger partial charge in [0.25, 0.3) is 0 Å². The van der Waals surface area contributed by atoms with E-state index in [9.17, 15) is 9.59 Å². The van der Waals surface area contributed by atoms with E-state index in [1.807, 2.05) is 44.2 Å². The predicted octanol–water partition coefficient (Wildman–Crippen LogP) is 4.87. The zero-order chi connectivity index (χ0) is 21.1. The van der Waals surface area contributed by atoms with Crippen LogP contribution in [0.4, 0.5) is 0 Å². The SMILES string of the molecule is Cc1ccc(C2=N/C(=C/c3ccccc3OC(=O)c3cccc(C)c3)C(=O)O2)cc1. The molecule has 3 aromatic rings. The number of nitrogens with zero attached hydrogens (tertiary/aromatic N) is 1.